The molecule has 0 aliphatic heterocycles. The minimum absolute atomic E-state index is 0.0692. The number of hydrogen-bond acceptors (Lipinski definition) is 4. The number of nitrogens with one attached hydrogen (secondary N) is 1. The Morgan fingerprint density at radius 2 is 2.19 bits per heavy atom. The number of nitro groups is 1. The molecule has 2 N–H and O–H groups in total. The highest BCUT2D eigenvalue weighted by molar-refractivity contribution is 5.98. The summed E-state index contributed by atoms with van der Waals surface area (Å²) < 4.78 is 13.2. The third kappa shape index (κ3) is 4.22. The third-order valence-electron chi connectivity index (χ3n) is 3.68. The molecule has 0 saturated carbocycles. The van der Waals surface area contributed by atoms with E-state index in [0.717, 1.165) is 18.2 Å². The second kappa shape index (κ2) is 6.62. The van der Waals surface area contributed by atoms with Crippen molar-refractivity contribution in [2.45, 2.75) is 32.8 Å². The number of aliphatic hydroxyl groups is 1. The lowest BCUT2D eigenvalue weighted by Crippen LogP contribution is -2.45. The van der Waals surface area contributed by atoms with Gasteiger partial charge in [-0.1, -0.05) is 20.3 Å². The van der Waals surface area contributed by atoms with Crippen molar-refractivity contribution in [1.82, 2.24) is 5.32 Å². The molecule has 7 heteroatoms. The largest absolute Gasteiger partial charge is 0.388 e. The zero-order chi connectivity index (χ0) is 16.2. The van der Waals surface area contributed by atoms with Crippen LogP contribution in [0.25, 0.3) is 0 Å². The van der Waals surface area contributed by atoms with Crippen LogP contribution in [-0.2, 0) is 0 Å². The predicted octanol–water partition coefficient (Wildman–Crippen LogP) is 2.26. The maximum Gasteiger partial charge on any atom is 0.282 e. The third-order valence-corrected chi connectivity index (χ3v) is 3.68. The molecule has 1 aromatic carbocycles. The molecular weight excluding hydrogens is 279 g/mol. The first-order chi connectivity index (χ1) is 9.69. The molecule has 1 rings (SSSR count). The van der Waals surface area contributed by atoms with Crippen LogP contribution in [0.1, 0.15) is 37.6 Å². The summed E-state index contributed by atoms with van der Waals surface area (Å²) in [4.78, 5) is 22.1. The fourth-order valence-electron chi connectivity index (χ4n) is 1.82. The van der Waals surface area contributed by atoms with Crippen molar-refractivity contribution in [2.24, 2.45) is 5.92 Å². The van der Waals surface area contributed by atoms with Gasteiger partial charge in [0.2, 0.25) is 0 Å². The number of nitrogens with zero attached hydrogens (tertiary/aromatic N) is 1. The van der Waals surface area contributed by atoms with Gasteiger partial charge in [0.05, 0.1) is 10.5 Å². The standard InChI is InChI=1S/C14H19FN2O4/c1-4-9(2)14(3,19)8-16-13(18)11-7-10(15)5-6-12(11)17(20)21/h5-7,9,19H,4,8H2,1-3H3,(H,16,18). The molecule has 0 saturated heterocycles. The van der Waals surface area contributed by atoms with E-state index < -0.39 is 27.9 Å². The van der Waals surface area contributed by atoms with E-state index in [2.05, 4.69) is 5.32 Å². The van der Waals surface area contributed by atoms with Crippen LogP contribution < -0.4 is 5.32 Å². The molecule has 6 nitrogen and oxygen atoms in total. The molecule has 0 fully saturated rings. The number of nitro benzene ring substituents is 1. The lowest BCUT2D eigenvalue weighted by Gasteiger charge is -2.29. The molecule has 0 bridgehead atoms. The first-order valence-electron chi connectivity index (χ1n) is 6.63. The van der Waals surface area contributed by atoms with Crippen LogP contribution in [0.15, 0.2) is 18.2 Å². The molecule has 0 aromatic heterocycles. The zero-order valence-corrected chi connectivity index (χ0v) is 12.2. The number of hydrogen-bond donors (Lipinski definition) is 2. The predicted molar refractivity (Wildman–Crippen MR) is 75.5 cm³/mol. The Bertz CT molecular complexity index is 546. The quantitative estimate of drug-likeness (QED) is 0.622. The van der Waals surface area contributed by atoms with Crippen molar-refractivity contribution < 1.29 is 19.2 Å². The SMILES string of the molecule is CCC(C)C(C)(O)CNC(=O)c1cc(F)ccc1[N+](=O)[O-]. The topological polar surface area (TPSA) is 92.5 Å². The van der Waals surface area contributed by atoms with Gasteiger partial charge in [0.25, 0.3) is 11.6 Å². The molecule has 1 aromatic rings. The zero-order valence-electron chi connectivity index (χ0n) is 12.2. The average molecular weight is 298 g/mol. The van der Waals surface area contributed by atoms with Gasteiger partial charge in [-0.2, -0.15) is 0 Å². The maximum absolute atomic E-state index is 13.2. The average Bonchev–Trinajstić information content (AvgIpc) is 2.43. The minimum atomic E-state index is -1.15. The van der Waals surface area contributed by atoms with E-state index in [1.807, 2.05) is 13.8 Å². The summed E-state index contributed by atoms with van der Waals surface area (Å²) >= 11 is 0. The summed E-state index contributed by atoms with van der Waals surface area (Å²) in [5, 5.41) is 23.5. The van der Waals surface area contributed by atoms with Crippen molar-refractivity contribution >= 4 is 11.6 Å². The highest BCUT2D eigenvalue weighted by atomic mass is 19.1. The summed E-state index contributed by atoms with van der Waals surface area (Å²) in [6.07, 6.45) is 0.711. The molecular formula is C14H19FN2O4. The Labute approximate surface area is 122 Å². The van der Waals surface area contributed by atoms with Gasteiger partial charge < -0.3 is 10.4 Å². The Morgan fingerprint density at radius 3 is 2.71 bits per heavy atom. The molecule has 2 atom stereocenters. The lowest BCUT2D eigenvalue weighted by molar-refractivity contribution is -0.385. The normalized spacial score (nSPS) is 15.1. The minimum Gasteiger partial charge on any atom is -0.388 e. The van der Waals surface area contributed by atoms with Crippen molar-refractivity contribution in [1.29, 1.82) is 0 Å². The van der Waals surface area contributed by atoms with Gasteiger partial charge in [-0.05, 0) is 25.0 Å². The van der Waals surface area contributed by atoms with E-state index in [-0.39, 0.29) is 18.0 Å². The van der Waals surface area contributed by atoms with E-state index in [4.69, 9.17) is 0 Å². The van der Waals surface area contributed by atoms with E-state index in [0.29, 0.717) is 6.42 Å². The second-order valence-electron chi connectivity index (χ2n) is 5.27. The van der Waals surface area contributed by atoms with Crippen molar-refractivity contribution in [3.05, 3.63) is 39.7 Å². The number of rotatable bonds is 6. The molecule has 2 unspecified atom stereocenters. The van der Waals surface area contributed by atoms with Crippen molar-refractivity contribution in [3.63, 3.8) is 0 Å². The van der Waals surface area contributed by atoms with Gasteiger partial charge >= 0.3 is 0 Å². The number of benzene rings is 1. The van der Waals surface area contributed by atoms with Crippen LogP contribution in [0.2, 0.25) is 0 Å². The van der Waals surface area contributed by atoms with Crippen LogP contribution in [0.3, 0.4) is 0 Å². The highest BCUT2D eigenvalue weighted by Crippen LogP contribution is 2.21. The summed E-state index contributed by atoms with van der Waals surface area (Å²) in [6.45, 7) is 5.23. The van der Waals surface area contributed by atoms with Crippen molar-refractivity contribution in [3.8, 4) is 0 Å². The summed E-state index contributed by atoms with van der Waals surface area (Å²) in [5.41, 5.74) is -1.98. The molecule has 1 amide bonds. The molecule has 0 spiro atoms. The van der Waals surface area contributed by atoms with E-state index >= 15 is 0 Å². The van der Waals surface area contributed by atoms with Gasteiger partial charge in [-0.25, -0.2) is 4.39 Å². The molecule has 21 heavy (non-hydrogen) atoms. The number of halogens is 1. The first-order valence-corrected chi connectivity index (χ1v) is 6.63. The van der Waals surface area contributed by atoms with Crippen LogP contribution in [-0.4, -0.2) is 28.1 Å². The Morgan fingerprint density at radius 1 is 1.57 bits per heavy atom. The monoisotopic (exact) mass is 298 g/mol. The summed E-state index contributed by atoms with van der Waals surface area (Å²) in [6, 6.07) is 2.67. The number of carbonyl (C=O) groups is 1. The molecule has 116 valence electrons. The fraction of sp³-hybridized carbons (Fsp3) is 0.500. The molecule has 0 heterocycles. The second-order valence-corrected chi connectivity index (χ2v) is 5.27. The molecule has 0 aliphatic rings. The Kier molecular flexibility index (Phi) is 5.37. The van der Waals surface area contributed by atoms with Crippen molar-refractivity contribution in [2.75, 3.05) is 6.54 Å². The Balaban J connectivity index is 2.90. The van der Waals surface area contributed by atoms with Gasteiger partial charge in [-0.3, -0.25) is 14.9 Å². The van der Waals surface area contributed by atoms with E-state index in [9.17, 15) is 24.4 Å². The van der Waals surface area contributed by atoms with Crippen LogP contribution in [0.5, 0.6) is 0 Å². The number of carbonyl (C=O) groups excluding carboxylic acids is 1. The number of amides is 1. The molecule has 0 radical (unpaired) electrons. The van der Waals surface area contributed by atoms with Gasteiger partial charge in [0, 0.05) is 12.6 Å². The Hall–Kier alpha value is -2.02. The highest BCUT2D eigenvalue weighted by Gasteiger charge is 2.29. The lowest BCUT2D eigenvalue weighted by atomic mass is 9.88. The van der Waals surface area contributed by atoms with E-state index in [1.54, 1.807) is 6.92 Å². The fourth-order valence-corrected chi connectivity index (χ4v) is 1.82. The van der Waals surface area contributed by atoms with Gasteiger partial charge in [0.1, 0.15) is 11.4 Å². The first kappa shape index (κ1) is 17.0. The summed E-state index contributed by atoms with van der Waals surface area (Å²) in [7, 11) is 0. The maximum atomic E-state index is 13.2. The summed E-state index contributed by atoms with van der Waals surface area (Å²) in [5.74, 6) is -1.59. The van der Waals surface area contributed by atoms with Gasteiger partial charge in [0.15, 0.2) is 0 Å². The molecule has 0 aliphatic carbocycles. The van der Waals surface area contributed by atoms with Crippen LogP contribution >= 0.6 is 0 Å². The van der Waals surface area contributed by atoms with Gasteiger partial charge in [-0.15, -0.1) is 0 Å². The smallest absolute Gasteiger partial charge is 0.282 e. The van der Waals surface area contributed by atoms with Crippen LogP contribution in [0, 0.1) is 21.8 Å². The van der Waals surface area contributed by atoms with E-state index in [1.165, 1.54) is 0 Å². The van der Waals surface area contributed by atoms with Crippen LogP contribution in [0.4, 0.5) is 10.1 Å².